The van der Waals surface area contributed by atoms with Crippen LogP contribution in [0.5, 0.6) is 0 Å². The molecule has 1 aromatic rings. The van der Waals surface area contributed by atoms with E-state index in [1.165, 1.54) is 0 Å². The van der Waals surface area contributed by atoms with Crippen molar-refractivity contribution in [2.45, 2.75) is 26.8 Å². The molecule has 0 amide bonds. The fourth-order valence-electron chi connectivity index (χ4n) is 2.90. The highest BCUT2D eigenvalue weighted by Gasteiger charge is 2.36. The maximum Gasteiger partial charge on any atom is 0.142 e. The molecule has 1 N–H and O–H groups in total. The van der Waals surface area contributed by atoms with Crippen molar-refractivity contribution < 1.29 is 8.78 Å². The largest absolute Gasteiger partial charge is 0.314 e. The predicted molar refractivity (Wildman–Crippen MR) is 78.0 cm³/mol. The summed E-state index contributed by atoms with van der Waals surface area (Å²) in [7, 11) is 0. The van der Waals surface area contributed by atoms with E-state index < -0.39 is 11.6 Å². The zero-order valence-electron chi connectivity index (χ0n) is 12.1. The highest BCUT2D eigenvalue weighted by molar-refractivity contribution is 6.31. The van der Waals surface area contributed by atoms with Crippen LogP contribution in [-0.2, 0) is 0 Å². The molecule has 1 saturated heterocycles. The van der Waals surface area contributed by atoms with E-state index in [1.807, 2.05) is 20.8 Å². The van der Waals surface area contributed by atoms with Gasteiger partial charge in [0.1, 0.15) is 11.6 Å². The molecule has 2 rings (SSSR count). The Kier molecular flexibility index (Phi) is 4.67. The Labute approximate surface area is 124 Å². The molecule has 5 heteroatoms. The molecule has 0 unspecified atom stereocenters. The average molecular weight is 303 g/mol. The van der Waals surface area contributed by atoms with Crippen molar-refractivity contribution in [3.05, 3.63) is 34.4 Å². The Bertz CT molecular complexity index is 479. The van der Waals surface area contributed by atoms with E-state index in [-0.39, 0.29) is 22.0 Å². The average Bonchev–Trinajstić information content (AvgIpc) is 2.39. The van der Waals surface area contributed by atoms with Gasteiger partial charge in [-0.2, -0.15) is 0 Å². The second-order valence-electron chi connectivity index (χ2n) is 6.31. The van der Waals surface area contributed by atoms with Crippen LogP contribution in [0, 0.1) is 17.0 Å². The summed E-state index contributed by atoms with van der Waals surface area (Å²) in [6.45, 7) is 9.38. The molecule has 1 aromatic carbocycles. The third-order valence-electron chi connectivity index (χ3n) is 3.69. The first-order chi connectivity index (χ1) is 9.32. The van der Waals surface area contributed by atoms with Gasteiger partial charge in [-0.1, -0.05) is 32.4 Å². The van der Waals surface area contributed by atoms with Gasteiger partial charge in [0.25, 0.3) is 0 Å². The maximum atomic E-state index is 14.3. The van der Waals surface area contributed by atoms with Crippen LogP contribution in [0.3, 0.4) is 0 Å². The molecule has 1 atom stereocenters. The van der Waals surface area contributed by atoms with Gasteiger partial charge in [0.15, 0.2) is 0 Å². The molecule has 1 fully saturated rings. The van der Waals surface area contributed by atoms with E-state index >= 15 is 0 Å². The zero-order chi connectivity index (χ0) is 14.9. The Morgan fingerprint density at radius 2 is 1.70 bits per heavy atom. The normalized spacial score (nSPS) is 19.1. The molecule has 0 aliphatic carbocycles. The molecule has 1 heterocycles. The lowest BCUT2D eigenvalue weighted by Crippen LogP contribution is -2.48. The van der Waals surface area contributed by atoms with Crippen LogP contribution in [0.2, 0.25) is 5.02 Å². The summed E-state index contributed by atoms with van der Waals surface area (Å²) in [5.74, 6) is -0.998. The molecule has 0 saturated carbocycles. The standard InChI is InChI=1S/C15H21ClF2N2/c1-15(2,3)14(20-8-6-19-7-9-20)12-10(17)4-5-11(18)13(12)16/h4-5,14,19H,6-9H2,1-3H3/t14-/m1/s1. The molecule has 0 spiro atoms. The molecule has 0 radical (unpaired) electrons. The Balaban J connectivity index is 2.49. The minimum absolute atomic E-state index is 0.0940. The Hall–Kier alpha value is -0.710. The van der Waals surface area contributed by atoms with Gasteiger partial charge >= 0.3 is 0 Å². The fraction of sp³-hybridized carbons (Fsp3) is 0.600. The number of nitrogens with one attached hydrogen (secondary N) is 1. The highest BCUT2D eigenvalue weighted by Crippen LogP contribution is 2.42. The molecule has 112 valence electrons. The smallest absolute Gasteiger partial charge is 0.142 e. The summed E-state index contributed by atoms with van der Waals surface area (Å²) < 4.78 is 28.0. The summed E-state index contributed by atoms with van der Waals surface area (Å²) in [6, 6.07) is 2.00. The summed E-state index contributed by atoms with van der Waals surface area (Å²) >= 11 is 6.06. The summed E-state index contributed by atoms with van der Waals surface area (Å²) in [5, 5.41) is 3.18. The summed E-state index contributed by atoms with van der Waals surface area (Å²) in [4.78, 5) is 2.18. The van der Waals surface area contributed by atoms with Gasteiger partial charge in [0.2, 0.25) is 0 Å². The van der Waals surface area contributed by atoms with Crippen molar-refractivity contribution in [3.8, 4) is 0 Å². The number of hydrogen-bond acceptors (Lipinski definition) is 2. The van der Waals surface area contributed by atoms with Gasteiger partial charge in [-0.05, 0) is 17.5 Å². The van der Waals surface area contributed by atoms with E-state index in [9.17, 15) is 8.78 Å². The van der Waals surface area contributed by atoms with Gasteiger partial charge in [0.05, 0.1) is 5.02 Å². The van der Waals surface area contributed by atoms with E-state index in [1.54, 1.807) is 0 Å². The van der Waals surface area contributed by atoms with Crippen LogP contribution >= 0.6 is 11.6 Å². The molecule has 0 bridgehead atoms. The van der Waals surface area contributed by atoms with Crippen molar-refractivity contribution in [2.75, 3.05) is 26.2 Å². The maximum absolute atomic E-state index is 14.3. The number of nitrogens with zero attached hydrogens (tertiary/aromatic N) is 1. The first-order valence-electron chi connectivity index (χ1n) is 6.90. The summed E-state index contributed by atoms with van der Waals surface area (Å²) in [6.07, 6.45) is 0. The van der Waals surface area contributed by atoms with Crippen LogP contribution in [0.4, 0.5) is 8.78 Å². The first kappa shape index (κ1) is 15.7. The van der Waals surface area contributed by atoms with Crippen molar-refractivity contribution >= 4 is 11.6 Å². The third kappa shape index (κ3) is 3.13. The van der Waals surface area contributed by atoms with E-state index in [0.717, 1.165) is 38.3 Å². The van der Waals surface area contributed by atoms with Crippen LogP contribution < -0.4 is 5.32 Å². The van der Waals surface area contributed by atoms with Gasteiger partial charge < -0.3 is 5.32 Å². The minimum atomic E-state index is -0.563. The lowest BCUT2D eigenvalue weighted by Gasteiger charge is -2.43. The van der Waals surface area contributed by atoms with Gasteiger partial charge in [-0.15, -0.1) is 0 Å². The molecule has 1 aliphatic rings. The number of benzene rings is 1. The summed E-state index contributed by atoms with van der Waals surface area (Å²) in [5.41, 5.74) is 0.0383. The first-order valence-corrected chi connectivity index (χ1v) is 7.28. The van der Waals surface area contributed by atoms with Crippen molar-refractivity contribution in [2.24, 2.45) is 5.41 Å². The quantitative estimate of drug-likeness (QED) is 0.840. The Morgan fingerprint density at radius 1 is 1.15 bits per heavy atom. The van der Waals surface area contributed by atoms with E-state index in [4.69, 9.17) is 11.6 Å². The number of hydrogen-bond donors (Lipinski definition) is 1. The molecule has 1 aliphatic heterocycles. The molecule has 2 nitrogen and oxygen atoms in total. The lowest BCUT2D eigenvalue weighted by atomic mass is 9.80. The van der Waals surface area contributed by atoms with Gasteiger partial charge in [-0.3, -0.25) is 4.90 Å². The van der Waals surface area contributed by atoms with E-state index in [2.05, 4.69) is 10.2 Å². The zero-order valence-corrected chi connectivity index (χ0v) is 12.9. The predicted octanol–water partition coefficient (Wildman–Crippen LogP) is 3.61. The van der Waals surface area contributed by atoms with Crippen LogP contribution in [0.15, 0.2) is 12.1 Å². The monoisotopic (exact) mass is 302 g/mol. The van der Waals surface area contributed by atoms with Gasteiger partial charge in [-0.25, -0.2) is 8.78 Å². The van der Waals surface area contributed by atoms with Crippen molar-refractivity contribution in [1.82, 2.24) is 10.2 Å². The van der Waals surface area contributed by atoms with Crippen molar-refractivity contribution in [3.63, 3.8) is 0 Å². The second-order valence-corrected chi connectivity index (χ2v) is 6.69. The number of piperazine rings is 1. The minimum Gasteiger partial charge on any atom is -0.314 e. The highest BCUT2D eigenvalue weighted by atomic mass is 35.5. The van der Waals surface area contributed by atoms with Crippen LogP contribution in [0.25, 0.3) is 0 Å². The SMILES string of the molecule is CC(C)(C)[C@@H](c1c(F)ccc(F)c1Cl)N1CCNCC1. The molecule has 20 heavy (non-hydrogen) atoms. The topological polar surface area (TPSA) is 15.3 Å². The lowest BCUT2D eigenvalue weighted by molar-refractivity contribution is 0.0833. The Morgan fingerprint density at radius 3 is 2.25 bits per heavy atom. The second kappa shape index (κ2) is 5.96. The molecule has 0 aromatic heterocycles. The van der Waals surface area contributed by atoms with Crippen LogP contribution in [-0.4, -0.2) is 31.1 Å². The fourth-order valence-corrected chi connectivity index (χ4v) is 3.15. The molecular weight excluding hydrogens is 282 g/mol. The number of rotatable bonds is 2. The third-order valence-corrected chi connectivity index (χ3v) is 4.07. The van der Waals surface area contributed by atoms with Crippen LogP contribution in [0.1, 0.15) is 32.4 Å². The molecular formula is C15H21ClF2N2. The van der Waals surface area contributed by atoms with E-state index in [0.29, 0.717) is 0 Å². The number of halogens is 3. The van der Waals surface area contributed by atoms with Gasteiger partial charge in [0, 0.05) is 37.8 Å². The van der Waals surface area contributed by atoms with Crippen molar-refractivity contribution in [1.29, 1.82) is 0 Å².